The van der Waals surface area contributed by atoms with Crippen LogP contribution in [0.1, 0.15) is 23.9 Å². The average Bonchev–Trinajstić information content (AvgIpc) is 2.84. The standard InChI is InChI=1S/C15H16ClN3O/c1-3-13-8-14(19(2)18-13)11-20-15-7-12(5-4-6-16)9-17-10-15/h7-10H,3,6,11H2,1-2H3. The Bertz CT molecular complexity index is 640. The van der Waals surface area contributed by atoms with E-state index in [0.717, 1.165) is 23.4 Å². The number of hydrogen-bond acceptors (Lipinski definition) is 3. The highest BCUT2D eigenvalue weighted by Crippen LogP contribution is 2.13. The van der Waals surface area contributed by atoms with Gasteiger partial charge in [-0.3, -0.25) is 9.67 Å². The van der Waals surface area contributed by atoms with Crippen molar-refractivity contribution in [2.75, 3.05) is 5.88 Å². The van der Waals surface area contributed by atoms with E-state index in [0.29, 0.717) is 18.2 Å². The van der Waals surface area contributed by atoms with Gasteiger partial charge in [0.2, 0.25) is 0 Å². The zero-order valence-electron chi connectivity index (χ0n) is 11.6. The van der Waals surface area contributed by atoms with Crippen molar-refractivity contribution in [1.82, 2.24) is 14.8 Å². The molecule has 0 unspecified atom stereocenters. The minimum Gasteiger partial charge on any atom is -0.486 e. The highest BCUT2D eigenvalue weighted by Gasteiger charge is 2.05. The Labute approximate surface area is 123 Å². The molecular formula is C15H16ClN3O. The largest absolute Gasteiger partial charge is 0.486 e. The van der Waals surface area contributed by atoms with E-state index in [1.165, 1.54) is 0 Å². The van der Waals surface area contributed by atoms with Crippen LogP contribution in [-0.2, 0) is 20.1 Å². The van der Waals surface area contributed by atoms with Gasteiger partial charge in [-0.15, -0.1) is 11.6 Å². The van der Waals surface area contributed by atoms with E-state index >= 15 is 0 Å². The van der Waals surface area contributed by atoms with E-state index in [4.69, 9.17) is 16.3 Å². The second kappa shape index (κ2) is 6.97. The predicted molar refractivity (Wildman–Crippen MR) is 78.8 cm³/mol. The van der Waals surface area contributed by atoms with Gasteiger partial charge in [0.25, 0.3) is 0 Å². The summed E-state index contributed by atoms with van der Waals surface area (Å²) in [4.78, 5) is 4.10. The molecule has 0 aromatic carbocycles. The first-order valence-corrected chi connectivity index (χ1v) is 6.91. The smallest absolute Gasteiger partial charge is 0.139 e. The summed E-state index contributed by atoms with van der Waals surface area (Å²) >= 11 is 5.53. The summed E-state index contributed by atoms with van der Waals surface area (Å²) in [6.45, 7) is 2.54. The Balaban J connectivity index is 2.04. The van der Waals surface area contributed by atoms with Gasteiger partial charge in [-0.2, -0.15) is 5.10 Å². The van der Waals surface area contributed by atoms with Gasteiger partial charge in [-0.1, -0.05) is 18.8 Å². The Morgan fingerprint density at radius 2 is 2.20 bits per heavy atom. The molecule has 0 aliphatic rings. The highest BCUT2D eigenvalue weighted by atomic mass is 35.5. The second-order valence-electron chi connectivity index (χ2n) is 4.24. The first-order valence-electron chi connectivity index (χ1n) is 6.37. The van der Waals surface area contributed by atoms with E-state index in [1.807, 2.05) is 23.9 Å². The molecule has 0 radical (unpaired) electrons. The molecule has 0 fully saturated rings. The summed E-state index contributed by atoms with van der Waals surface area (Å²) in [5.74, 6) is 6.70. The van der Waals surface area contributed by atoms with Crippen molar-refractivity contribution in [3.8, 4) is 17.6 Å². The first-order chi connectivity index (χ1) is 9.72. The monoisotopic (exact) mass is 289 g/mol. The molecule has 5 heteroatoms. The lowest BCUT2D eigenvalue weighted by Crippen LogP contribution is -2.03. The lowest BCUT2D eigenvalue weighted by Gasteiger charge is -2.06. The summed E-state index contributed by atoms with van der Waals surface area (Å²) in [5.41, 5.74) is 2.88. The van der Waals surface area contributed by atoms with Gasteiger partial charge in [0.1, 0.15) is 12.4 Å². The fraction of sp³-hybridized carbons (Fsp3) is 0.333. The molecule has 2 aromatic heterocycles. The van der Waals surface area contributed by atoms with Crippen molar-refractivity contribution in [1.29, 1.82) is 0 Å². The SMILES string of the molecule is CCc1cc(COc2cncc(C#CCCl)c2)n(C)n1. The molecule has 0 saturated heterocycles. The number of rotatable bonds is 4. The van der Waals surface area contributed by atoms with Gasteiger partial charge < -0.3 is 4.74 Å². The maximum absolute atomic E-state index is 5.73. The van der Waals surface area contributed by atoms with Crippen LogP contribution in [0.2, 0.25) is 0 Å². The van der Waals surface area contributed by atoms with E-state index in [-0.39, 0.29) is 0 Å². The molecule has 0 amide bonds. The molecule has 2 rings (SSSR count). The van der Waals surface area contributed by atoms with Crippen LogP contribution in [-0.4, -0.2) is 20.6 Å². The van der Waals surface area contributed by atoms with Crippen LogP contribution in [0.15, 0.2) is 24.5 Å². The third-order valence-electron chi connectivity index (χ3n) is 2.79. The molecule has 0 spiro atoms. The summed E-state index contributed by atoms with van der Waals surface area (Å²) in [5, 5.41) is 4.38. The van der Waals surface area contributed by atoms with Gasteiger partial charge in [0.05, 0.1) is 23.5 Å². The van der Waals surface area contributed by atoms with Crippen molar-refractivity contribution in [3.05, 3.63) is 41.5 Å². The molecule has 4 nitrogen and oxygen atoms in total. The summed E-state index contributed by atoms with van der Waals surface area (Å²) in [7, 11) is 1.92. The molecule has 0 saturated carbocycles. The van der Waals surface area contributed by atoms with Crippen molar-refractivity contribution in [3.63, 3.8) is 0 Å². The number of halogens is 1. The lowest BCUT2D eigenvalue weighted by atomic mass is 10.3. The molecule has 20 heavy (non-hydrogen) atoms. The quantitative estimate of drug-likeness (QED) is 0.641. The van der Waals surface area contributed by atoms with Crippen LogP contribution in [0.25, 0.3) is 0 Å². The molecule has 2 aromatic rings. The number of hydrogen-bond donors (Lipinski definition) is 0. The van der Waals surface area contributed by atoms with Gasteiger partial charge in [0.15, 0.2) is 0 Å². The second-order valence-corrected chi connectivity index (χ2v) is 4.50. The molecular weight excluding hydrogens is 274 g/mol. The van der Waals surface area contributed by atoms with Crippen molar-refractivity contribution < 1.29 is 4.74 Å². The van der Waals surface area contributed by atoms with E-state index in [9.17, 15) is 0 Å². The van der Waals surface area contributed by atoms with E-state index in [2.05, 4.69) is 28.8 Å². The summed E-state index contributed by atoms with van der Waals surface area (Å²) in [6.07, 6.45) is 4.27. The van der Waals surface area contributed by atoms with Crippen LogP contribution in [0.5, 0.6) is 5.75 Å². The Morgan fingerprint density at radius 1 is 1.35 bits per heavy atom. The highest BCUT2D eigenvalue weighted by molar-refractivity contribution is 6.19. The number of alkyl halides is 1. The molecule has 104 valence electrons. The zero-order chi connectivity index (χ0) is 14.4. The van der Waals surface area contributed by atoms with Crippen LogP contribution in [0, 0.1) is 11.8 Å². The van der Waals surface area contributed by atoms with Gasteiger partial charge >= 0.3 is 0 Å². The van der Waals surface area contributed by atoms with Gasteiger partial charge in [0, 0.05) is 18.8 Å². The Hall–Kier alpha value is -1.99. The summed E-state index contributed by atoms with van der Waals surface area (Å²) in [6, 6.07) is 3.90. The lowest BCUT2D eigenvalue weighted by molar-refractivity contribution is 0.293. The van der Waals surface area contributed by atoms with Crippen molar-refractivity contribution >= 4 is 11.6 Å². The first kappa shape index (κ1) is 14.4. The Morgan fingerprint density at radius 3 is 2.90 bits per heavy atom. The van der Waals surface area contributed by atoms with Crippen LogP contribution in [0.4, 0.5) is 0 Å². The number of ether oxygens (including phenoxy) is 1. The number of aromatic nitrogens is 3. The average molecular weight is 290 g/mol. The number of nitrogens with zero attached hydrogens (tertiary/aromatic N) is 3. The third-order valence-corrected chi connectivity index (χ3v) is 2.92. The minimum atomic E-state index is 0.305. The minimum absolute atomic E-state index is 0.305. The topological polar surface area (TPSA) is 39.9 Å². The molecule has 0 atom stereocenters. The van der Waals surface area contributed by atoms with Crippen LogP contribution in [0.3, 0.4) is 0 Å². The maximum atomic E-state index is 5.73. The molecule has 0 N–H and O–H groups in total. The zero-order valence-corrected chi connectivity index (χ0v) is 12.3. The number of aryl methyl sites for hydroxylation is 2. The van der Waals surface area contributed by atoms with Crippen LogP contribution >= 0.6 is 11.6 Å². The maximum Gasteiger partial charge on any atom is 0.139 e. The molecule has 0 aliphatic carbocycles. The fourth-order valence-corrected chi connectivity index (χ4v) is 1.81. The Kier molecular flexibility index (Phi) is 5.03. The molecule has 2 heterocycles. The molecule has 0 aliphatic heterocycles. The fourth-order valence-electron chi connectivity index (χ4n) is 1.74. The van der Waals surface area contributed by atoms with Gasteiger partial charge in [-0.05, 0) is 18.6 Å². The third kappa shape index (κ3) is 3.75. The van der Waals surface area contributed by atoms with Crippen molar-refractivity contribution in [2.24, 2.45) is 7.05 Å². The van der Waals surface area contributed by atoms with Crippen molar-refractivity contribution in [2.45, 2.75) is 20.0 Å². The van der Waals surface area contributed by atoms with E-state index < -0.39 is 0 Å². The summed E-state index contributed by atoms with van der Waals surface area (Å²) < 4.78 is 7.56. The normalized spacial score (nSPS) is 9.95. The van der Waals surface area contributed by atoms with E-state index in [1.54, 1.807) is 12.4 Å². The predicted octanol–water partition coefficient (Wildman–Crippen LogP) is 2.55. The molecule has 0 bridgehead atoms. The van der Waals surface area contributed by atoms with Gasteiger partial charge in [-0.25, -0.2) is 0 Å². The number of pyridine rings is 1. The van der Waals surface area contributed by atoms with Crippen LogP contribution < -0.4 is 4.74 Å².